The van der Waals surface area contributed by atoms with Crippen molar-refractivity contribution in [3.8, 4) is 5.75 Å². The van der Waals surface area contributed by atoms with Gasteiger partial charge >= 0.3 is 0 Å². The van der Waals surface area contributed by atoms with Crippen LogP contribution in [0.5, 0.6) is 5.75 Å². The SMILES string of the molecule is CCOc1cccc2sc(N(CCn3nc(C)cc3C)C(=O)C=Cc3ccc([N+](=O)[O-])cc3)nc12. The summed E-state index contributed by atoms with van der Waals surface area (Å²) in [6, 6.07) is 13.8. The molecule has 2 aromatic carbocycles. The number of thiazole rings is 1. The van der Waals surface area contributed by atoms with Gasteiger partial charge in [-0.3, -0.25) is 24.5 Å². The first-order valence-corrected chi connectivity index (χ1v) is 11.9. The highest BCUT2D eigenvalue weighted by molar-refractivity contribution is 7.22. The normalized spacial score (nSPS) is 11.3. The topological polar surface area (TPSA) is 103 Å². The van der Waals surface area contributed by atoms with Gasteiger partial charge in [0.05, 0.1) is 28.5 Å². The molecule has 2 aromatic heterocycles. The van der Waals surface area contributed by atoms with E-state index in [9.17, 15) is 14.9 Å². The van der Waals surface area contributed by atoms with Crippen LogP contribution in [0.25, 0.3) is 16.3 Å². The van der Waals surface area contributed by atoms with Crippen molar-refractivity contribution in [2.75, 3.05) is 18.1 Å². The standard InChI is InChI=1S/C25H25N5O4S/c1-4-34-21-6-5-7-22-24(21)26-25(35-22)28(14-15-29-18(3)16-17(2)27-29)23(31)13-10-19-8-11-20(12-9-19)30(32)33/h5-13,16H,4,14-15H2,1-3H3. The van der Waals surface area contributed by atoms with Gasteiger partial charge in [0, 0.05) is 30.4 Å². The second kappa shape index (κ2) is 10.5. The number of aromatic nitrogens is 3. The maximum atomic E-state index is 13.3. The van der Waals surface area contributed by atoms with Crippen LogP contribution in [-0.4, -0.2) is 38.7 Å². The molecule has 0 saturated carbocycles. The maximum Gasteiger partial charge on any atom is 0.269 e. The molecule has 4 aromatic rings. The first-order chi connectivity index (χ1) is 16.9. The van der Waals surface area contributed by atoms with E-state index in [0.717, 1.165) is 21.6 Å². The van der Waals surface area contributed by atoms with Crippen LogP contribution in [0.4, 0.5) is 10.8 Å². The van der Waals surface area contributed by atoms with Gasteiger partial charge in [-0.1, -0.05) is 17.4 Å². The third-order valence-electron chi connectivity index (χ3n) is 5.33. The number of fused-ring (bicyclic) bond motifs is 1. The Bertz CT molecular complexity index is 1390. The molecule has 0 N–H and O–H groups in total. The van der Waals surface area contributed by atoms with E-state index >= 15 is 0 Å². The molecular formula is C25H25N5O4S. The summed E-state index contributed by atoms with van der Waals surface area (Å²) in [5, 5.41) is 15.9. The molecule has 1 amide bonds. The Labute approximate surface area is 206 Å². The maximum absolute atomic E-state index is 13.3. The van der Waals surface area contributed by atoms with Crippen molar-refractivity contribution in [1.29, 1.82) is 0 Å². The van der Waals surface area contributed by atoms with Gasteiger partial charge in [-0.05, 0) is 62.7 Å². The number of rotatable bonds is 9. The Morgan fingerprint density at radius 2 is 2.00 bits per heavy atom. The van der Waals surface area contributed by atoms with Gasteiger partial charge < -0.3 is 4.74 Å². The van der Waals surface area contributed by atoms with E-state index in [1.165, 1.54) is 29.5 Å². The number of carbonyl (C=O) groups excluding carboxylic acids is 1. The summed E-state index contributed by atoms with van der Waals surface area (Å²) in [4.78, 5) is 30.1. The summed E-state index contributed by atoms with van der Waals surface area (Å²) >= 11 is 1.42. The Balaban J connectivity index is 1.63. The van der Waals surface area contributed by atoms with Gasteiger partial charge in [0.1, 0.15) is 11.3 Å². The molecule has 0 radical (unpaired) electrons. The minimum Gasteiger partial charge on any atom is -0.492 e. The largest absolute Gasteiger partial charge is 0.492 e. The summed E-state index contributed by atoms with van der Waals surface area (Å²) < 4.78 is 8.51. The smallest absolute Gasteiger partial charge is 0.269 e. The Morgan fingerprint density at radius 3 is 2.66 bits per heavy atom. The summed E-state index contributed by atoms with van der Waals surface area (Å²) in [6.45, 7) is 7.22. The lowest BCUT2D eigenvalue weighted by molar-refractivity contribution is -0.384. The Morgan fingerprint density at radius 1 is 1.23 bits per heavy atom. The highest BCUT2D eigenvalue weighted by atomic mass is 32.1. The fourth-order valence-electron chi connectivity index (χ4n) is 3.66. The van der Waals surface area contributed by atoms with Crippen molar-refractivity contribution in [2.24, 2.45) is 0 Å². The number of para-hydroxylation sites is 1. The van der Waals surface area contributed by atoms with Crippen LogP contribution in [-0.2, 0) is 11.3 Å². The molecule has 0 bridgehead atoms. The lowest BCUT2D eigenvalue weighted by Gasteiger charge is -2.18. The van der Waals surface area contributed by atoms with E-state index < -0.39 is 4.92 Å². The fourth-order valence-corrected chi connectivity index (χ4v) is 4.67. The van der Waals surface area contributed by atoms with Gasteiger partial charge in [0.25, 0.3) is 11.6 Å². The molecule has 0 atom stereocenters. The molecule has 0 aliphatic heterocycles. The van der Waals surface area contributed by atoms with E-state index in [1.807, 2.05) is 49.7 Å². The van der Waals surface area contributed by atoms with Crippen LogP contribution in [0.2, 0.25) is 0 Å². The minimum atomic E-state index is -0.455. The van der Waals surface area contributed by atoms with Crippen molar-refractivity contribution in [1.82, 2.24) is 14.8 Å². The van der Waals surface area contributed by atoms with Gasteiger partial charge in [-0.25, -0.2) is 4.98 Å². The third-order valence-corrected chi connectivity index (χ3v) is 6.37. The van der Waals surface area contributed by atoms with Crippen LogP contribution in [0.15, 0.2) is 54.6 Å². The number of non-ortho nitro benzene ring substituents is 1. The van der Waals surface area contributed by atoms with Crippen LogP contribution in [0.3, 0.4) is 0 Å². The van der Waals surface area contributed by atoms with Crippen molar-refractivity contribution in [3.05, 3.63) is 81.7 Å². The highest BCUT2D eigenvalue weighted by Gasteiger charge is 2.20. The number of nitro benzene ring substituents is 1. The number of nitro groups is 1. The zero-order chi connectivity index (χ0) is 24.9. The molecule has 4 rings (SSSR count). The number of ether oxygens (including phenoxy) is 1. The zero-order valence-corrected chi connectivity index (χ0v) is 20.5. The number of amides is 1. The molecule has 0 unspecified atom stereocenters. The quantitative estimate of drug-likeness (QED) is 0.182. The van der Waals surface area contributed by atoms with Crippen LogP contribution in [0.1, 0.15) is 23.9 Å². The number of benzene rings is 2. The molecule has 0 fully saturated rings. The molecule has 2 heterocycles. The predicted octanol–water partition coefficient (Wildman–Crippen LogP) is 5.16. The molecule has 35 heavy (non-hydrogen) atoms. The summed E-state index contributed by atoms with van der Waals surface area (Å²) in [7, 11) is 0. The lowest BCUT2D eigenvalue weighted by atomic mass is 10.2. The fraction of sp³-hybridized carbons (Fsp3) is 0.240. The average molecular weight is 492 g/mol. The van der Waals surface area contributed by atoms with Crippen molar-refractivity contribution in [2.45, 2.75) is 27.3 Å². The van der Waals surface area contributed by atoms with Crippen LogP contribution < -0.4 is 9.64 Å². The molecule has 180 valence electrons. The molecule has 0 spiro atoms. The molecule has 0 aliphatic rings. The number of aryl methyl sites for hydroxylation is 2. The highest BCUT2D eigenvalue weighted by Crippen LogP contribution is 2.34. The van der Waals surface area contributed by atoms with Gasteiger partial charge in [0.15, 0.2) is 5.13 Å². The van der Waals surface area contributed by atoms with Crippen LogP contribution in [0, 0.1) is 24.0 Å². The van der Waals surface area contributed by atoms with E-state index in [4.69, 9.17) is 9.72 Å². The molecule has 0 saturated heterocycles. The number of nitrogens with zero attached hydrogens (tertiary/aromatic N) is 5. The van der Waals surface area contributed by atoms with Gasteiger partial charge in [-0.2, -0.15) is 5.10 Å². The predicted molar refractivity (Wildman–Crippen MR) is 137 cm³/mol. The van der Waals surface area contributed by atoms with Crippen molar-refractivity contribution < 1.29 is 14.5 Å². The molecule has 9 nitrogen and oxygen atoms in total. The van der Waals surface area contributed by atoms with E-state index in [0.29, 0.717) is 36.1 Å². The zero-order valence-electron chi connectivity index (χ0n) is 19.7. The molecule has 10 heteroatoms. The van der Waals surface area contributed by atoms with Gasteiger partial charge in [-0.15, -0.1) is 0 Å². The minimum absolute atomic E-state index is 0.000401. The molecular weight excluding hydrogens is 466 g/mol. The van der Waals surface area contributed by atoms with E-state index in [1.54, 1.807) is 23.1 Å². The lowest BCUT2D eigenvalue weighted by Crippen LogP contribution is -2.33. The van der Waals surface area contributed by atoms with Crippen molar-refractivity contribution >= 4 is 44.4 Å². The Kier molecular flexibility index (Phi) is 7.21. The number of hydrogen-bond donors (Lipinski definition) is 0. The van der Waals surface area contributed by atoms with Gasteiger partial charge in [0.2, 0.25) is 0 Å². The first kappa shape index (κ1) is 24.1. The number of carbonyl (C=O) groups is 1. The molecule has 0 aliphatic carbocycles. The summed E-state index contributed by atoms with van der Waals surface area (Å²) in [6.07, 6.45) is 3.10. The van der Waals surface area contributed by atoms with E-state index in [2.05, 4.69) is 5.10 Å². The second-order valence-corrected chi connectivity index (χ2v) is 8.86. The first-order valence-electron chi connectivity index (χ1n) is 11.1. The van der Waals surface area contributed by atoms with Crippen molar-refractivity contribution in [3.63, 3.8) is 0 Å². The van der Waals surface area contributed by atoms with Crippen LogP contribution >= 0.6 is 11.3 Å². The summed E-state index contributed by atoms with van der Waals surface area (Å²) in [5.74, 6) is 0.432. The monoisotopic (exact) mass is 491 g/mol. The third kappa shape index (κ3) is 5.55. The Hall–Kier alpha value is -4.05. The second-order valence-electron chi connectivity index (χ2n) is 7.85. The summed E-state index contributed by atoms with van der Waals surface area (Å²) in [5.41, 5.74) is 3.33. The number of anilines is 1. The average Bonchev–Trinajstić information content (AvgIpc) is 3.41. The number of hydrogen-bond acceptors (Lipinski definition) is 7. The van der Waals surface area contributed by atoms with E-state index in [-0.39, 0.29) is 11.6 Å².